The van der Waals surface area contributed by atoms with Gasteiger partial charge in [-0.15, -0.1) is 0 Å². The van der Waals surface area contributed by atoms with E-state index < -0.39 is 0 Å². The number of rotatable bonds is 5. The zero-order chi connectivity index (χ0) is 12.8. The predicted molar refractivity (Wildman–Crippen MR) is 75.0 cm³/mol. The number of nitrogens with zero attached hydrogens (tertiary/aromatic N) is 2. The Morgan fingerprint density at radius 3 is 2.72 bits per heavy atom. The van der Waals surface area contributed by atoms with Gasteiger partial charge in [0, 0.05) is 23.8 Å². The first-order valence-electron chi connectivity index (χ1n) is 5.74. The van der Waals surface area contributed by atoms with Crippen LogP contribution in [0.3, 0.4) is 0 Å². The molecule has 0 bridgehead atoms. The fourth-order valence-electron chi connectivity index (χ4n) is 1.50. The molecule has 0 saturated heterocycles. The van der Waals surface area contributed by atoms with Gasteiger partial charge in [0.1, 0.15) is 0 Å². The topological polar surface area (TPSA) is 37.8 Å². The highest BCUT2D eigenvalue weighted by Gasteiger charge is 2.09. The quantitative estimate of drug-likeness (QED) is 0.852. The molecule has 3 nitrogen and oxygen atoms in total. The van der Waals surface area contributed by atoms with Crippen LogP contribution < -0.4 is 5.32 Å². The fraction of sp³-hybridized carbons (Fsp3) is 0.231. The second-order valence-electron chi connectivity index (χ2n) is 3.64. The summed E-state index contributed by atoms with van der Waals surface area (Å²) in [7, 11) is 0. The van der Waals surface area contributed by atoms with Gasteiger partial charge in [0.25, 0.3) is 0 Å². The second-order valence-corrected chi connectivity index (χ2v) is 5.03. The van der Waals surface area contributed by atoms with Crippen molar-refractivity contribution in [2.24, 2.45) is 0 Å². The molecule has 0 radical (unpaired) electrons. The molecule has 0 unspecified atom stereocenters. The summed E-state index contributed by atoms with van der Waals surface area (Å²) in [6, 6.07) is 7.73. The van der Waals surface area contributed by atoms with E-state index in [2.05, 4.69) is 28.3 Å². The van der Waals surface area contributed by atoms with Crippen LogP contribution in [0, 0.1) is 0 Å². The van der Waals surface area contributed by atoms with Crippen LogP contribution in [0.15, 0.2) is 46.7 Å². The average Bonchev–Trinajstić information content (AvgIpc) is 2.41. The van der Waals surface area contributed by atoms with Gasteiger partial charge in [-0.3, -0.25) is 0 Å². The van der Waals surface area contributed by atoms with Crippen LogP contribution >= 0.6 is 23.4 Å². The normalized spacial score (nSPS) is 10.6. The first kappa shape index (κ1) is 13.3. The molecule has 0 saturated carbocycles. The highest BCUT2D eigenvalue weighted by atomic mass is 35.5. The number of hydrogen-bond acceptors (Lipinski definition) is 4. The monoisotopic (exact) mass is 279 g/mol. The Labute approximate surface area is 116 Å². The maximum atomic E-state index is 6.25. The summed E-state index contributed by atoms with van der Waals surface area (Å²) < 4.78 is 0. The third-order valence-electron chi connectivity index (χ3n) is 2.35. The maximum Gasteiger partial charge on any atom is 0.192 e. The molecule has 1 aromatic carbocycles. The van der Waals surface area contributed by atoms with Crippen molar-refractivity contribution in [3.05, 3.63) is 47.2 Å². The largest absolute Gasteiger partial charge is 0.313 e. The van der Waals surface area contributed by atoms with E-state index in [1.807, 2.05) is 12.1 Å². The van der Waals surface area contributed by atoms with E-state index in [0.29, 0.717) is 5.16 Å². The maximum absolute atomic E-state index is 6.25. The molecule has 1 aromatic heterocycles. The van der Waals surface area contributed by atoms with Gasteiger partial charge in [-0.2, -0.15) is 0 Å². The lowest BCUT2D eigenvalue weighted by molar-refractivity contribution is 0.718. The number of benzene rings is 1. The summed E-state index contributed by atoms with van der Waals surface area (Å²) in [5, 5.41) is 4.76. The Kier molecular flexibility index (Phi) is 4.99. The van der Waals surface area contributed by atoms with Gasteiger partial charge in [-0.05, 0) is 36.0 Å². The molecular formula is C13H14ClN3S. The molecule has 0 amide bonds. The molecule has 0 spiro atoms. The van der Waals surface area contributed by atoms with Crippen LogP contribution in [0.5, 0.6) is 0 Å². The Morgan fingerprint density at radius 2 is 2.00 bits per heavy atom. The molecular weight excluding hydrogens is 266 g/mol. The molecule has 94 valence electrons. The van der Waals surface area contributed by atoms with E-state index >= 15 is 0 Å². The lowest BCUT2D eigenvalue weighted by Gasteiger charge is -2.10. The average molecular weight is 280 g/mol. The third kappa shape index (κ3) is 3.45. The predicted octanol–water partition coefficient (Wildman–Crippen LogP) is 3.39. The summed E-state index contributed by atoms with van der Waals surface area (Å²) in [6.45, 7) is 3.81. The Balaban J connectivity index is 2.25. The van der Waals surface area contributed by atoms with Crippen LogP contribution in [-0.4, -0.2) is 16.5 Å². The Bertz CT molecular complexity index is 505. The van der Waals surface area contributed by atoms with Crippen molar-refractivity contribution in [3.63, 3.8) is 0 Å². The third-order valence-corrected chi connectivity index (χ3v) is 3.86. The zero-order valence-corrected chi connectivity index (χ0v) is 11.6. The molecule has 2 aromatic rings. The molecule has 0 fully saturated rings. The minimum absolute atomic E-state index is 0.711. The summed E-state index contributed by atoms with van der Waals surface area (Å²) in [5.74, 6) is 0. The zero-order valence-electron chi connectivity index (χ0n) is 10.1. The molecule has 0 atom stereocenters. The molecule has 1 heterocycles. The number of nitrogens with one attached hydrogen (secondary N) is 1. The SMILES string of the molecule is CCNCc1cccc(Cl)c1Sc1ncccn1. The van der Waals surface area contributed by atoms with Crippen LogP contribution in [-0.2, 0) is 6.54 Å². The van der Waals surface area contributed by atoms with Gasteiger partial charge >= 0.3 is 0 Å². The van der Waals surface area contributed by atoms with Crippen LogP contribution in [0.1, 0.15) is 12.5 Å². The highest BCUT2D eigenvalue weighted by Crippen LogP contribution is 2.34. The number of halogens is 1. The van der Waals surface area contributed by atoms with Crippen molar-refractivity contribution < 1.29 is 0 Å². The van der Waals surface area contributed by atoms with E-state index in [1.54, 1.807) is 18.5 Å². The standard InChI is InChI=1S/C13H14ClN3S/c1-2-15-9-10-5-3-6-11(14)12(10)18-13-16-7-4-8-17-13/h3-8,15H,2,9H2,1H3. The Morgan fingerprint density at radius 1 is 1.22 bits per heavy atom. The molecule has 0 aliphatic carbocycles. The van der Waals surface area contributed by atoms with Gasteiger partial charge in [0.05, 0.1) is 5.02 Å². The van der Waals surface area contributed by atoms with E-state index in [0.717, 1.165) is 23.0 Å². The highest BCUT2D eigenvalue weighted by molar-refractivity contribution is 7.99. The van der Waals surface area contributed by atoms with Crippen molar-refractivity contribution in [2.45, 2.75) is 23.5 Å². The fourth-order valence-corrected chi connectivity index (χ4v) is 2.65. The lowest BCUT2D eigenvalue weighted by Crippen LogP contribution is -2.12. The van der Waals surface area contributed by atoms with Gasteiger partial charge in [0.15, 0.2) is 5.16 Å². The van der Waals surface area contributed by atoms with Gasteiger partial charge in [-0.25, -0.2) is 9.97 Å². The van der Waals surface area contributed by atoms with Gasteiger partial charge in [-0.1, -0.05) is 30.7 Å². The molecule has 1 N–H and O–H groups in total. The summed E-state index contributed by atoms with van der Waals surface area (Å²) >= 11 is 7.75. The number of aromatic nitrogens is 2. The Hall–Kier alpha value is -1.10. The summed E-state index contributed by atoms with van der Waals surface area (Å²) in [5.41, 5.74) is 1.17. The van der Waals surface area contributed by atoms with Gasteiger partial charge < -0.3 is 5.32 Å². The molecule has 18 heavy (non-hydrogen) atoms. The van der Waals surface area contributed by atoms with E-state index in [4.69, 9.17) is 11.6 Å². The van der Waals surface area contributed by atoms with E-state index in [1.165, 1.54) is 17.3 Å². The van der Waals surface area contributed by atoms with E-state index in [-0.39, 0.29) is 0 Å². The smallest absolute Gasteiger partial charge is 0.192 e. The summed E-state index contributed by atoms with van der Waals surface area (Å²) in [6.07, 6.45) is 3.46. The van der Waals surface area contributed by atoms with Crippen LogP contribution in [0.2, 0.25) is 5.02 Å². The lowest BCUT2D eigenvalue weighted by atomic mass is 10.2. The number of hydrogen-bond donors (Lipinski definition) is 1. The summed E-state index contributed by atoms with van der Waals surface area (Å²) in [4.78, 5) is 9.44. The van der Waals surface area contributed by atoms with Crippen molar-refractivity contribution >= 4 is 23.4 Å². The minimum atomic E-state index is 0.711. The molecule has 5 heteroatoms. The molecule has 2 rings (SSSR count). The van der Waals surface area contributed by atoms with Crippen LogP contribution in [0.4, 0.5) is 0 Å². The van der Waals surface area contributed by atoms with Gasteiger partial charge in [0.2, 0.25) is 0 Å². The first-order chi connectivity index (χ1) is 8.81. The van der Waals surface area contributed by atoms with Crippen molar-refractivity contribution in [2.75, 3.05) is 6.54 Å². The van der Waals surface area contributed by atoms with Crippen molar-refractivity contribution in [1.82, 2.24) is 15.3 Å². The van der Waals surface area contributed by atoms with Crippen LogP contribution in [0.25, 0.3) is 0 Å². The first-order valence-corrected chi connectivity index (χ1v) is 6.93. The minimum Gasteiger partial charge on any atom is -0.313 e. The second kappa shape index (κ2) is 6.73. The van der Waals surface area contributed by atoms with Crippen molar-refractivity contribution in [1.29, 1.82) is 0 Å². The van der Waals surface area contributed by atoms with E-state index in [9.17, 15) is 0 Å². The molecule has 0 aliphatic rings. The van der Waals surface area contributed by atoms with Crippen molar-refractivity contribution in [3.8, 4) is 0 Å². The molecule has 0 aliphatic heterocycles.